The molecule has 198 valence electrons. The van der Waals surface area contributed by atoms with Crippen molar-refractivity contribution in [2.45, 2.75) is 124 Å². The first kappa shape index (κ1) is 26.5. The SMILES string of the molecule is CC(=O)[C@H]1CC[C@H]2[C@@H]3CC[C@H]4C[C@H](OC(=O)[C@H](C)NC(=O)OC(C)(C)C)CC[C@]4(C)[C@H]3CC[C@]12C. The molecule has 0 spiro atoms. The number of hydrogen-bond donors (Lipinski definition) is 1. The van der Waals surface area contributed by atoms with Crippen LogP contribution in [0.2, 0.25) is 0 Å². The fraction of sp³-hybridized carbons (Fsp3) is 0.897. The third-order valence-electron chi connectivity index (χ3n) is 10.5. The van der Waals surface area contributed by atoms with Gasteiger partial charge in [0.2, 0.25) is 0 Å². The Balaban J connectivity index is 1.35. The third-order valence-corrected chi connectivity index (χ3v) is 10.5. The maximum atomic E-state index is 12.7. The van der Waals surface area contributed by atoms with Crippen molar-refractivity contribution in [3.8, 4) is 0 Å². The monoisotopic (exact) mass is 489 g/mol. The summed E-state index contributed by atoms with van der Waals surface area (Å²) in [6.45, 7) is 13.7. The van der Waals surface area contributed by atoms with Crippen molar-refractivity contribution in [1.29, 1.82) is 0 Å². The zero-order valence-electron chi connectivity index (χ0n) is 22.9. The average molecular weight is 490 g/mol. The minimum Gasteiger partial charge on any atom is -0.461 e. The molecular weight excluding hydrogens is 442 g/mol. The third kappa shape index (κ3) is 5.00. The molecule has 4 aliphatic carbocycles. The molecule has 4 saturated carbocycles. The summed E-state index contributed by atoms with van der Waals surface area (Å²) in [4.78, 5) is 37.1. The van der Waals surface area contributed by atoms with Gasteiger partial charge >= 0.3 is 12.1 Å². The lowest BCUT2D eigenvalue weighted by Gasteiger charge is -2.61. The van der Waals surface area contributed by atoms with E-state index < -0.39 is 17.7 Å². The van der Waals surface area contributed by atoms with Gasteiger partial charge in [0.05, 0.1) is 0 Å². The molecule has 0 radical (unpaired) electrons. The van der Waals surface area contributed by atoms with Crippen LogP contribution in [0.15, 0.2) is 0 Å². The first-order valence-electron chi connectivity index (χ1n) is 13.9. The fourth-order valence-corrected chi connectivity index (χ4v) is 8.80. The van der Waals surface area contributed by atoms with E-state index in [2.05, 4.69) is 19.2 Å². The van der Waals surface area contributed by atoms with Crippen molar-refractivity contribution in [3.05, 3.63) is 0 Å². The lowest BCUT2D eigenvalue weighted by molar-refractivity contribution is -0.164. The molecule has 6 heteroatoms. The number of carbonyl (C=O) groups excluding carboxylic acids is 3. The molecule has 0 aromatic carbocycles. The Bertz CT molecular complexity index is 849. The molecule has 0 heterocycles. The first-order chi connectivity index (χ1) is 16.2. The Morgan fingerprint density at radius 1 is 0.914 bits per heavy atom. The van der Waals surface area contributed by atoms with Crippen molar-refractivity contribution in [3.63, 3.8) is 0 Å². The summed E-state index contributed by atoms with van der Waals surface area (Å²) in [5.74, 6) is 2.97. The number of hydrogen-bond acceptors (Lipinski definition) is 5. The maximum Gasteiger partial charge on any atom is 0.408 e. The molecule has 4 aliphatic rings. The van der Waals surface area contributed by atoms with Gasteiger partial charge in [0.25, 0.3) is 0 Å². The summed E-state index contributed by atoms with van der Waals surface area (Å²) in [5, 5.41) is 2.60. The Morgan fingerprint density at radius 2 is 1.57 bits per heavy atom. The molecule has 6 nitrogen and oxygen atoms in total. The van der Waals surface area contributed by atoms with Gasteiger partial charge in [-0.05, 0) is 127 Å². The average Bonchev–Trinajstić information content (AvgIpc) is 3.10. The smallest absolute Gasteiger partial charge is 0.408 e. The number of nitrogens with one attached hydrogen (secondary N) is 1. The molecule has 0 saturated heterocycles. The molecule has 1 amide bonds. The van der Waals surface area contributed by atoms with E-state index in [1.54, 1.807) is 34.6 Å². The van der Waals surface area contributed by atoms with E-state index >= 15 is 0 Å². The second-order valence-corrected chi connectivity index (χ2v) is 13.6. The summed E-state index contributed by atoms with van der Waals surface area (Å²) in [6, 6.07) is -0.735. The first-order valence-corrected chi connectivity index (χ1v) is 13.9. The zero-order valence-corrected chi connectivity index (χ0v) is 22.9. The minimum atomic E-state index is -0.735. The van der Waals surface area contributed by atoms with Gasteiger partial charge < -0.3 is 14.8 Å². The van der Waals surface area contributed by atoms with Crippen LogP contribution in [0.1, 0.15) is 106 Å². The van der Waals surface area contributed by atoms with Crippen LogP contribution in [0.25, 0.3) is 0 Å². The highest BCUT2D eigenvalue weighted by molar-refractivity contribution is 5.81. The molecule has 4 fully saturated rings. The van der Waals surface area contributed by atoms with Gasteiger partial charge in [-0.25, -0.2) is 9.59 Å². The lowest BCUT2D eigenvalue weighted by atomic mass is 9.44. The van der Waals surface area contributed by atoms with E-state index in [-0.39, 0.29) is 23.4 Å². The summed E-state index contributed by atoms with van der Waals surface area (Å²) in [5.41, 5.74) is -0.121. The highest BCUT2D eigenvalue weighted by Crippen LogP contribution is 2.67. The normalized spacial score (nSPS) is 41.6. The van der Waals surface area contributed by atoms with Crippen LogP contribution in [0, 0.1) is 40.4 Å². The maximum absolute atomic E-state index is 12.7. The fourth-order valence-electron chi connectivity index (χ4n) is 8.80. The topological polar surface area (TPSA) is 81.7 Å². The number of fused-ring (bicyclic) bond motifs is 5. The van der Waals surface area contributed by atoms with Gasteiger partial charge in [-0.3, -0.25) is 4.79 Å². The second-order valence-electron chi connectivity index (χ2n) is 13.6. The summed E-state index contributed by atoms with van der Waals surface area (Å²) >= 11 is 0. The van der Waals surface area contributed by atoms with E-state index in [0.29, 0.717) is 23.0 Å². The van der Waals surface area contributed by atoms with Crippen molar-refractivity contribution < 1.29 is 23.9 Å². The summed E-state index contributed by atoms with van der Waals surface area (Å²) in [6.07, 6.45) is 9.35. The van der Waals surface area contributed by atoms with Crippen molar-refractivity contribution in [2.24, 2.45) is 40.4 Å². The molecular formula is C29H47NO5. The number of ether oxygens (including phenoxy) is 2. The summed E-state index contributed by atoms with van der Waals surface area (Å²) in [7, 11) is 0. The van der Waals surface area contributed by atoms with Gasteiger partial charge in [0.15, 0.2) is 0 Å². The van der Waals surface area contributed by atoms with Gasteiger partial charge in [-0.1, -0.05) is 13.8 Å². The van der Waals surface area contributed by atoms with E-state index in [4.69, 9.17) is 9.47 Å². The predicted octanol–water partition coefficient (Wildman–Crippen LogP) is 6.06. The molecule has 0 unspecified atom stereocenters. The van der Waals surface area contributed by atoms with Crippen LogP contribution in [0.5, 0.6) is 0 Å². The lowest BCUT2D eigenvalue weighted by Crippen LogP contribution is -2.54. The Morgan fingerprint density at radius 3 is 2.23 bits per heavy atom. The van der Waals surface area contributed by atoms with Gasteiger partial charge in [0, 0.05) is 5.92 Å². The highest BCUT2D eigenvalue weighted by Gasteiger charge is 2.61. The van der Waals surface area contributed by atoms with E-state index in [0.717, 1.165) is 37.5 Å². The standard InChI is InChI=1S/C29H47NO5/c1-17(30-26(33)35-27(3,4)5)25(32)34-20-12-14-28(6)19(16-20)8-9-21-23-11-10-22(18(2)31)29(23,7)15-13-24(21)28/h17,19-24H,8-16H2,1-7H3,(H,30,33)/t17-,19-,20+,21-,22+,23-,24-,28-,29+/m0/s1. The number of esters is 1. The predicted molar refractivity (Wildman–Crippen MR) is 135 cm³/mol. The van der Waals surface area contributed by atoms with Crippen LogP contribution < -0.4 is 5.32 Å². The number of carbonyl (C=O) groups is 3. The molecule has 9 atom stereocenters. The largest absolute Gasteiger partial charge is 0.461 e. The van der Waals surface area contributed by atoms with Crippen molar-refractivity contribution >= 4 is 17.8 Å². The van der Waals surface area contributed by atoms with Gasteiger partial charge in [-0.15, -0.1) is 0 Å². The Kier molecular flexibility index (Phi) is 7.09. The van der Waals surface area contributed by atoms with E-state index in [9.17, 15) is 14.4 Å². The molecule has 4 rings (SSSR count). The van der Waals surface area contributed by atoms with E-state index in [1.165, 1.54) is 32.1 Å². The Hall–Kier alpha value is -1.59. The van der Waals surface area contributed by atoms with Crippen LogP contribution >= 0.6 is 0 Å². The molecule has 35 heavy (non-hydrogen) atoms. The van der Waals surface area contributed by atoms with E-state index in [1.807, 2.05) is 0 Å². The van der Waals surface area contributed by atoms with Gasteiger partial charge in [0.1, 0.15) is 23.5 Å². The summed E-state index contributed by atoms with van der Waals surface area (Å²) < 4.78 is 11.2. The van der Waals surface area contributed by atoms with Crippen molar-refractivity contribution in [1.82, 2.24) is 5.32 Å². The number of Topliss-reactive ketones (excluding diaryl/α,β-unsaturated/α-hetero) is 1. The molecule has 0 aromatic heterocycles. The van der Waals surface area contributed by atoms with Crippen LogP contribution in [-0.2, 0) is 19.1 Å². The van der Waals surface area contributed by atoms with Crippen LogP contribution in [0.3, 0.4) is 0 Å². The highest BCUT2D eigenvalue weighted by atomic mass is 16.6. The Labute approximate surface area is 211 Å². The molecule has 0 aliphatic heterocycles. The van der Waals surface area contributed by atoms with Crippen LogP contribution in [-0.4, -0.2) is 35.6 Å². The van der Waals surface area contributed by atoms with Gasteiger partial charge in [-0.2, -0.15) is 0 Å². The zero-order chi connectivity index (χ0) is 25.8. The van der Waals surface area contributed by atoms with Crippen molar-refractivity contribution in [2.75, 3.05) is 0 Å². The number of rotatable bonds is 4. The number of ketones is 1. The molecule has 0 aromatic rings. The second kappa shape index (κ2) is 9.37. The van der Waals surface area contributed by atoms with Crippen LogP contribution in [0.4, 0.5) is 4.79 Å². The molecule has 1 N–H and O–H groups in total. The quantitative estimate of drug-likeness (QED) is 0.486. The minimum absolute atomic E-state index is 0.0811. The number of alkyl carbamates (subject to hydrolysis) is 1. The molecule has 0 bridgehead atoms. The number of amides is 1.